The highest BCUT2D eigenvalue weighted by molar-refractivity contribution is 5.93. The molecule has 2 aromatic rings. The van der Waals surface area contributed by atoms with Gasteiger partial charge in [0.1, 0.15) is 23.3 Å². The Bertz CT molecular complexity index is 735. The Kier molecular flexibility index (Phi) is 3.95. The molecule has 0 saturated heterocycles. The van der Waals surface area contributed by atoms with Crippen molar-refractivity contribution < 1.29 is 14.3 Å². The van der Waals surface area contributed by atoms with Crippen molar-refractivity contribution >= 4 is 11.6 Å². The van der Waals surface area contributed by atoms with Gasteiger partial charge in [0.15, 0.2) is 0 Å². The number of ether oxygens (including phenoxy) is 2. The van der Waals surface area contributed by atoms with E-state index in [-0.39, 0.29) is 5.56 Å². The molecule has 106 valence electrons. The molecule has 2 rings (SSSR count). The molecule has 0 atom stereocenters. The number of amides is 1. The molecule has 6 heteroatoms. The van der Waals surface area contributed by atoms with E-state index in [9.17, 15) is 4.79 Å². The standard InChI is InChI=1S/C15H13N3O3/c1-20-12-4-10(15(18)19)5-13(6-12)21-11-3-2-9(8-16)14(17)7-11/h2-7H,17H2,1H3,(H2,18,19). The van der Waals surface area contributed by atoms with Crippen LogP contribution in [-0.2, 0) is 0 Å². The minimum atomic E-state index is -0.585. The number of carbonyl (C=O) groups excluding carboxylic acids is 1. The zero-order chi connectivity index (χ0) is 15.4. The highest BCUT2D eigenvalue weighted by Gasteiger charge is 2.08. The lowest BCUT2D eigenvalue weighted by molar-refractivity contribution is 0.0999. The van der Waals surface area contributed by atoms with Crippen LogP contribution in [0.15, 0.2) is 36.4 Å². The van der Waals surface area contributed by atoms with Gasteiger partial charge in [-0.2, -0.15) is 5.26 Å². The molecule has 21 heavy (non-hydrogen) atoms. The van der Waals surface area contributed by atoms with Crippen molar-refractivity contribution in [3.8, 4) is 23.3 Å². The second-order valence-electron chi connectivity index (χ2n) is 4.22. The van der Waals surface area contributed by atoms with Crippen molar-refractivity contribution in [2.45, 2.75) is 0 Å². The molecule has 0 spiro atoms. The second kappa shape index (κ2) is 5.84. The van der Waals surface area contributed by atoms with Crippen molar-refractivity contribution in [2.75, 3.05) is 12.8 Å². The Hall–Kier alpha value is -3.20. The molecule has 6 nitrogen and oxygen atoms in total. The summed E-state index contributed by atoms with van der Waals surface area (Å²) in [7, 11) is 1.48. The first-order chi connectivity index (χ1) is 10.0. The Morgan fingerprint density at radius 3 is 2.43 bits per heavy atom. The fourth-order valence-corrected chi connectivity index (χ4v) is 1.73. The number of primary amides is 1. The fraction of sp³-hybridized carbons (Fsp3) is 0.0667. The Labute approximate surface area is 121 Å². The molecule has 0 aliphatic heterocycles. The molecule has 0 heterocycles. The van der Waals surface area contributed by atoms with Gasteiger partial charge in [0.25, 0.3) is 0 Å². The lowest BCUT2D eigenvalue weighted by Crippen LogP contribution is -2.11. The van der Waals surface area contributed by atoms with Crippen LogP contribution in [-0.4, -0.2) is 13.0 Å². The first-order valence-corrected chi connectivity index (χ1v) is 6.00. The number of anilines is 1. The molecule has 0 saturated carbocycles. The average Bonchev–Trinajstić information content (AvgIpc) is 2.47. The summed E-state index contributed by atoms with van der Waals surface area (Å²) in [4.78, 5) is 11.3. The van der Waals surface area contributed by atoms with Gasteiger partial charge < -0.3 is 20.9 Å². The normalized spacial score (nSPS) is 9.71. The third-order valence-corrected chi connectivity index (χ3v) is 2.78. The van der Waals surface area contributed by atoms with E-state index in [1.54, 1.807) is 18.2 Å². The van der Waals surface area contributed by atoms with Crippen molar-refractivity contribution in [3.05, 3.63) is 47.5 Å². The number of methoxy groups -OCH3 is 1. The zero-order valence-corrected chi connectivity index (χ0v) is 11.3. The molecular formula is C15H13N3O3. The van der Waals surface area contributed by atoms with Crippen LogP contribution in [0.3, 0.4) is 0 Å². The number of carbonyl (C=O) groups is 1. The monoisotopic (exact) mass is 283 g/mol. The number of nitrogen functional groups attached to an aromatic ring is 1. The topological polar surface area (TPSA) is 111 Å². The van der Waals surface area contributed by atoms with E-state index in [2.05, 4.69) is 0 Å². The van der Waals surface area contributed by atoms with Gasteiger partial charge >= 0.3 is 0 Å². The van der Waals surface area contributed by atoms with E-state index >= 15 is 0 Å². The van der Waals surface area contributed by atoms with Crippen LogP contribution in [0.4, 0.5) is 5.69 Å². The number of hydrogen-bond acceptors (Lipinski definition) is 5. The molecule has 4 N–H and O–H groups in total. The maximum Gasteiger partial charge on any atom is 0.248 e. The van der Waals surface area contributed by atoms with Crippen LogP contribution in [0.2, 0.25) is 0 Å². The third-order valence-electron chi connectivity index (χ3n) is 2.78. The van der Waals surface area contributed by atoms with Crippen LogP contribution < -0.4 is 20.9 Å². The number of nitrogens with two attached hydrogens (primary N) is 2. The highest BCUT2D eigenvalue weighted by Crippen LogP contribution is 2.29. The minimum absolute atomic E-state index is 0.269. The van der Waals surface area contributed by atoms with Crippen molar-refractivity contribution in [2.24, 2.45) is 5.73 Å². The molecule has 1 amide bonds. The zero-order valence-electron chi connectivity index (χ0n) is 11.3. The van der Waals surface area contributed by atoms with Crippen LogP contribution >= 0.6 is 0 Å². The largest absolute Gasteiger partial charge is 0.497 e. The summed E-state index contributed by atoms with van der Waals surface area (Å²) in [6.45, 7) is 0. The molecule has 0 unspecified atom stereocenters. The minimum Gasteiger partial charge on any atom is -0.497 e. The number of rotatable bonds is 4. The van der Waals surface area contributed by atoms with Crippen LogP contribution in [0.1, 0.15) is 15.9 Å². The number of nitriles is 1. The lowest BCUT2D eigenvalue weighted by atomic mass is 10.2. The van der Waals surface area contributed by atoms with Gasteiger partial charge in [0.2, 0.25) is 5.91 Å². The summed E-state index contributed by atoms with van der Waals surface area (Å²) in [6.07, 6.45) is 0. The van der Waals surface area contributed by atoms with Gasteiger partial charge in [-0.3, -0.25) is 4.79 Å². The maximum atomic E-state index is 11.3. The van der Waals surface area contributed by atoms with E-state index in [4.69, 9.17) is 26.2 Å². The van der Waals surface area contributed by atoms with E-state index in [1.165, 1.54) is 25.3 Å². The van der Waals surface area contributed by atoms with Crippen molar-refractivity contribution in [1.29, 1.82) is 5.26 Å². The molecule has 0 aliphatic carbocycles. The van der Waals surface area contributed by atoms with Crippen molar-refractivity contribution in [3.63, 3.8) is 0 Å². The third kappa shape index (κ3) is 3.22. The summed E-state index contributed by atoms with van der Waals surface area (Å²) >= 11 is 0. The van der Waals surface area contributed by atoms with E-state index in [0.29, 0.717) is 28.5 Å². The summed E-state index contributed by atoms with van der Waals surface area (Å²) in [5.41, 5.74) is 11.9. The molecule has 0 aliphatic rings. The molecule has 0 bridgehead atoms. The number of nitrogens with zero attached hydrogens (tertiary/aromatic N) is 1. The van der Waals surface area contributed by atoms with E-state index in [1.807, 2.05) is 6.07 Å². The summed E-state index contributed by atoms with van der Waals surface area (Å²) in [5.74, 6) is 0.684. The van der Waals surface area contributed by atoms with Crippen LogP contribution in [0, 0.1) is 11.3 Å². The van der Waals surface area contributed by atoms with Gasteiger partial charge in [-0.25, -0.2) is 0 Å². The number of benzene rings is 2. The first kappa shape index (κ1) is 14.2. The fourth-order valence-electron chi connectivity index (χ4n) is 1.73. The molecule has 0 radical (unpaired) electrons. The van der Waals surface area contributed by atoms with Crippen LogP contribution in [0.5, 0.6) is 17.2 Å². The van der Waals surface area contributed by atoms with Crippen molar-refractivity contribution in [1.82, 2.24) is 0 Å². The lowest BCUT2D eigenvalue weighted by Gasteiger charge is -2.10. The Balaban J connectivity index is 2.35. The smallest absolute Gasteiger partial charge is 0.248 e. The maximum absolute atomic E-state index is 11.3. The predicted octanol–water partition coefficient (Wildman–Crippen LogP) is 2.04. The van der Waals surface area contributed by atoms with E-state index in [0.717, 1.165) is 0 Å². The van der Waals surface area contributed by atoms with Crippen LogP contribution in [0.25, 0.3) is 0 Å². The first-order valence-electron chi connectivity index (χ1n) is 6.00. The number of hydrogen-bond donors (Lipinski definition) is 2. The molecule has 0 aromatic heterocycles. The van der Waals surface area contributed by atoms with Gasteiger partial charge in [0, 0.05) is 17.7 Å². The van der Waals surface area contributed by atoms with Gasteiger partial charge in [0.05, 0.1) is 18.4 Å². The Morgan fingerprint density at radius 1 is 1.14 bits per heavy atom. The van der Waals surface area contributed by atoms with Gasteiger partial charge in [-0.15, -0.1) is 0 Å². The average molecular weight is 283 g/mol. The van der Waals surface area contributed by atoms with E-state index < -0.39 is 5.91 Å². The molecular weight excluding hydrogens is 270 g/mol. The quantitative estimate of drug-likeness (QED) is 0.834. The van der Waals surface area contributed by atoms with Gasteiger partial charge in [-0.05, 0) is 24.3 Å². The SMILES string of the molecule is COc1cc(Oc2ccc(C#N)c(N)c2)cc(C(N)=O)c1. The highest BCUT2D eigenvalue weighted by atomic mass is 16.5. The summed E-state index contributed by atoms with van der Waals surface area (Å²) in [6, 6.07) is 11.3. The Morgan fingerprint density at radius 2 is 1.86 bits per heavy atom. The van der Waals surface area contributed by atoms with Gasteiger partial charge in [-0.1, -0.05) is 0 Å². The second-order valence-corrected chi connectivity index (χ2v) is 4.22. The molecule has 2 aromatic carbocycles. The summed E-state index contributed by atoms with van der Waals surface area (Å²) < 4.78 is 10.7. The summed E-state index contributed by atoms with van der Waals surface area (Å²) in [5, 5.41) is 8.83. The molecule has 0 fully saturated rings. The predicted molar refractivity (Wildman–Crippen MR) is 77.2 cm³/mol.